The molecule has 1 N–H and O–H groups in total. The maximum Gasteiger partial charge on any atom is 0.0916 e. The van der Waals surface area contributed by atoms with Crippen molar-refractivity contribution in [3.05, 3.63) is 58.3 Å². The van der Waals surface area contributed by atoms with Gasteiger partial charge in [0.05, 0.1) is 6.10 Å². The average Bonchev–Trinajstić information content (AvgIpc) is 3.03. The van der Waals surface area contributed by atoms with E-state index in [1.54, 1.807) is 0 Å². The zero-order valence-corrected chi connectivity index (χ0v) is 13.0. The summed E-state index contributed by atoms with van der Waals surface area (Å²) in [7, 11) is 0. The summed E-state index contributed by atoms with van der Waals surface area (Å²) in [6, 6.07) is 14.3. The highest BCUT2D eigenvalue weighted by atomic mass is 32.1. The average molecular weight is 302 g/mol. The molecule has 2 aromatic rings. The van der Waals surface area contributed by atoms with Crippen LogP contribution in [0.1, 0.15) is 16.5 Å². The molecule has 0 bridgehead atoms. The van der Waals surface area contributed by atoms with Crippen LogP contribution in [0.4, 0.5) is 0 Å². The maximum absolute atomic E-state index is 10.3. The van der Waals surface area contributed by atoms with Crippen molar-refractivity contribution in [3.8, 4) is 0 Å². The topological polar surface area (TPSA) is 26.7 Å². The van der Waals surface area contributed by atoms with Gasteiger partial charge in [-0.25, -0.2) is 0 Å². The van der Waals surface area contributed by atoms with E-state index in [4.69, 9.17) is 0 Å². The Bertz CT molecular complexity index is 521. The molecule has 21 heavy (non-hydrogen) atoms. The van der Waals surface area contributed by atoms with Crippen LogP contribution < -0.4 is 0 Å². The smallest absolute Gasteiger partial charge is 0.0916 e. The highest BCUT2D eigenvalue weighted by molar-refractivity contribution is 7.09. The van der Waals surface area contributed by atoms with Gasteiger partial charge in [-0.05, 0) is 17.0 Å². The summed E-state index contributed by atoms with van der Waals surface area (Å²) in [4.78, 5) is 6.30. The fourth-order valence-electron chi connectivity index (χ4n) is 2.78. The van der Waals surface area contributed by atoms with E-state index in [1.165, 1.54) is 4.88 Å². The Balaban J connectivity index is 1.45. The third-order valence-electron chi connectivity index (χ3n) is 4.04. The van der Waals surface area contributed by atoms with E-state index in [0.29, 0.717) is 0 Å². The van der Waals surface area contributed by atoms with Gasteiger partial charge < -0.3 is 5.11 Å². The Labute approximate surface area is 130 Å². The van der Waals surface area contributed by atoms with Gasteiger partial charge in [-0.3, -0.25) is 9.80 Å². The number of nitrogens with zero attached hydrogens (tertiary/aromatic N) is 2. The third kappa shape index (κ3) is 4.14. The first-order valence-electron chi connectivity index (χ1n) is 7.51. The molecule has 1 aromatic heterocycles. The zero-order valence-electron chi connectivity index (χ0n) is 12.2. The Morgan fingerprint density at radius 2 is 1.67 bits per heavy atom. The standard InChI is InChI=1S/C17H22N2OS/c20-17(15-5-2-1-3-6-15)14-19-10-8-18(9-11-19)13-16-7-4-12-21-16/h1-7,12,17,20H,8-11,13-14H2. The Hall–Kier alpha value is -1.20. The van der Waals surface area contributed by atoms with Gasteiger partial charge in [-0.2, -0.15) is 0 Å². The number of aliphatic hydroxyl groups excluding tert-OH is 1. The Kier molecular flexibility index (Phi) is 5.04. The highest BCUT2D eigenvalue weighted by Gasteiger charge is 2.20. The molecule has 1 aromatic carbocycles. The molecular formula is C17H22N2OS. The minimum Gasteiger partial charge on any atom is -0.387 e. The molecule has 0 amide bonds. The zero-order chi connectivity index (χ0) is 14.5. The second kappa shape index (κ2) is 7.18. The van der Waals surface area contributed by atoms with Crippen molar-refractivity contribution in [1.82, 2.24) is 9.80 Å². The molecule has 2 heterocycles. The molecule has 1 aliphatic rings. The van der Waals surface area contributed by atoms with Gasteiger partial charge in [0.25, 0.3) is 0 Å². The van der Waals surface area contributed by atoms with Crippen LogP contribution in [0, 0.1) is 0 Å². The number of thiophene rings is 1. The van der Waals surface area contributed by atoms with Crippen molar-refractivity contribution in [1.29, 1.82) is 0 Å². The van der Waals surface area contributed by atoms with E-state index < -0.39 is 0 Å². The Morgan fingerprint density at radius 1 is 0.952 bits per heavy atom. The molecule has 4 heteroatoms. The summed E-state index contributed by atoms with van der Waals surface area (Å²) in [5.41, 5.74) is 1.01. The quantitative estimate of drug-likeness (QED) is 0.920. The Morgan fingerprint density at radius 3 is 2.33 bits per heavy atom. The summed E-state index contributed by atoms with van der Waals surface area (Å²) in [5.74, 6) is 0. The van der Waals surface area contributed by atoms with Crippen LogP contribution in [0.2, 0.25) is 0 Å². The largest absolute Gasteiger partial charge is 0.387 e. The van der Waals surface area contributed by atoms with Crippen LogP contribution in [-0.4, -0.2) is 47.6 Å². The van der Waals surface area contributed by atoms with Crippen LogP contribution in [0.3, 0.4) is 0 Å². The van der Waals surface area contributed by atoms with Crippen molar-refractivity contribution in [2.45, 2.75) is 12.6 Å². The van der Waals surface area contributed by atoms with E-state index >= 15 is 0 Å². The summed E-state index contributed by atoms with van der Waals surface area (Å²) in [6.07, 6.45) is -0.380. The van der Waals surface area contributed by atoms with E-state index in [0.717, 1.165) is 44.8 Å². The molecule has 1 aliphatic heterocycles. The molecule has 0 aliphatic carbocycles. The second-order valence-corrected chi connectivity index (χ2v) is 6.61. The minimum atomic E-state index is -0.380. The van der Waals surface area contributed by atoms with Crippen molar-refractivity contribution >= 4 is 11.3 Å². The van der Waals surface area contributed by atoms with E-state index in [1.807, 2.05) is 41.7 Å². The van der Waals surface area contributed by atoms with Crippen molar-refractivity contribution in [2.24, 2.45) is 0 Å². The predicted octanol–water partition coefficient (Wildman–Crippen LogP) is 2.60. The monoisotopic (exact) mass is 302 g/mol. The molecule has 0 spiro atoms. The second-order valence-electron chi connectivity index (χ2n) is 5.58. The first kappa shape index (κ1) is 14.7. The van der Waals surface area contributed by atoms with Gasteiger partial charge >= 0.3 is 0 Å². The SMILES string of the molecule is OC(CN1CCN(Cc2cccs2)CC1)c1ccccc1. The first-order chi connectivity index (χ1) is 10.3. The normalized spacial score (nSPS) is 18.7. The summed E-state index contributed by atoms with van der Waals surface area (Å²) in [5, 5.41) is 12.4. The number of rotatable bonds is 5. The minimum absolute atomic E-state index is 0.380. The van der Waals surface area contributed by atoms with Gasteiger partial charge in [-0.1, -0.05) is 36.4 Å². The number of piperazine rings is 1. The molecule has 0 saturated carbocycles. The van der Waals surface area contributed by atoms with Gasteiger partial charge in [0.2, 0.25) is 0 Å². The summed E-state index contributed by atoms with van der Waals surface area (Å²) < 4.78 is 0. The molecule has 3 rings (SSSR count). The number of β-amino-alcohol motifs (C(OH)–C–C–N with tert-alkyl or cyclic N) is 1. The van der Waals surface area contributed by atoms with Crippen LogP contribution in [-0.2, 0) is 6.54 Å². The van der Waals surface area contributed by atoms with Crippen LogP contribution in [0.5, 0.6) is 0 Å². The van der Waals surface area contributed by atoms with Crippen molar-refractivity contribution < 1.29 is 5.11 Å². The molecule has 112 valence electrons. The van der Waals surface area contributed by atoms with Gasteiger partial charge in [-0.15, -0.1) is 11.3 Å². The molecule has 1 fully saturated rings. The number of benzene rings is 1. The predicted molar refractivity (Wildman–Crippen MR) is 87.4 cm³/mol. The molecule has 1 atom stereocenters. The number of hydrogen-bond acceptors (Lipinski definition) is 4. The lowest BCUT2D eigenvalue weighted by atomic mass is 10.1. The van der Waals surface area contributed by atoms with E-state index in [9.17, 15) is 5.11 Å². The fraction of sp³-hybridized carbons (Fsp3) is 0.412. The van der Waals surface area contributed by atoms with E-state index in [2.05, 4.69) is 27.3 Å². The molecule has 3 nitrogen and oxygen atoms in total. The van der Waals surface area contributed by atoms with Crippen molar-refractivity contribution in [3.63, 3.8) is 0 Å². The molecule has 0 radical (unpaired) electrons. The summed E-state index contributed by atoms with van der Waals surface area (Å²) >= 11 is 1.83. The molecule has 1 unspecified atom stereocenters. The lowest BCUT2D eigenvalue weighted by molar-refractivity contribution is 0.0704. The van der Waals surface area contributed by atoms with Crippen LogP contribution in [0.15, 0.2) is 47.8 Å². The van der Waals surface area contributed by atoms with E-state index in [-0.39, 0.29) is 6.10 Å². The van der Waals surface area contributed by atoms with Gasteiger partial charge in [0, 0.05) is 44.1 Å². The number of aliphatic hydroxyl groups is 1. The van der Waals surface area contributed by atoms with Gasteiger partial charge in [0.15, 0.2) is 0 Å². The maximum atomic E-state index is 10.3. The van der Waals surface area contributed by atoms with Gasteiger partial charge in [0.1, 0.15) is 0 Å². The lowest BCUT2D eigenvalue weighted by Gasteiger charge is -2.35. The van der Waals surface area contributed by atoms with Crippen molar-refractivity contribution in [2.75, 3.05) is 32.7 Å². The highest BCUT2D eigenvalue weighted by Crippen LogP contribution is 2.17. The fourth-order valence-corrected chi connectivity index (χ4v) is 3.52. The molecule has 1 saturated heterocycles. The van der Waals surface area contributed by atoms with Crippen LogP contribution >= 0.6 is 11.3 Å². The summed E-state index contributed by atoms with van der Waals surface area (Å²) in [6.45, 7) is 6.03. The van der Waals surface area contributed by atoms with Crippen LogP contribution in [0.25, 0.3) is 0 Å². The number of hydrogen-bond donors (Lipinski definition) is 1. The molecular weight excluding hydrogens is 280 g/mol. The first-order valence-corrected chi connectivity index (χ1v) is 8.39. The third-order valence-corrected chi connectivity index (χ3v) is 4.90. The lowest BCUT2D eigenvalue weighted by Crippen LogP contribution is -2.46.